The summed E-state index contributed by atoms with van der Waals surface area (Å²) in [7, 11) is 0. The molecule has 3 nitrogen and oxygen atoms in total. The monoisotopic (exact) mass is 268 g/mol. The molecular formula is C16H13FN2O. The molecule has 1 heterocycles. The van der Waals surface area contributed by atoms with Crippen LogP contribution in [0.2, 0.25) is 0 Å². The lowest BCUT2D eigenvalue weighted by Gasteiger charge is -2.24. The number of anilines is 2. The third kappa shape index (κ3) is 2.19. The molecule has 4 heteroatoms. The van der Waals surface area contributed by atoms with Gasteiger partial charge in [0.25, 0.3) is 0 Å². The minimum atomic E-state index is -0.398. The average molecular weight is 268 g/mol. The zero-order valence-electron chi connectivity index (χ0n) is 10.8. The molecule has 2 aromatic carbocycles. The van der Waals surface area contributed by atoms with Crippen molar-refractivity contribution in [3.8, 4) is 11.8 Å². The Morgan fingerprint density at radius 2 is 2.00 bits per heavy atom. The van der Waals surface area contributed by atoms with Crippen molar-refractivity contribution in [2.24, 2.45) is 0 Å². The molecule has 0 aromatic heterocycles. The number of nitriles is 1. The van der Waals surface area contributed by atoms with Crippen LogP contribution in [-0.4, -0.2) is 13.2 Å². The Morgan fingerprint density at radius 1 is 1.15 bits per heavy atom. The Hall–Kier alpha value is -2.54. The summed E-state index contributed by atoms with van der Waals surface area (Å²) < 4.78 is 19.0. The summed E-state index contributed by atoms with van der Waals surface area (Å²) in [6.07, 6.45) is 0.844. The van der Waals surface area contributed by atoms with Crippen LogP contribution in [0.15, 0.2) is 42.5 Å². The topological polar surface area (TPSA) is 36.3 Å². The summed E-state index contributed by atoms with van der Waals surface area (Å²) in [5.41, 5.74) is 1.96. The van der Waals surface area contributed by atoms with Gasteiger partial charge < -0.3 is 9.64 Å². The van der Waals surface area contributed by atoms with Crippen LogP contribution in [0.1, 0.15) is 12.0 Å². The number of para-hydroxylation sites is 2. The number of halogens is 1. The molecule has 0 saturated carbocycles. The number of hydrogen-bond donors (Lipinski definition) is 0. The summed E-state index contributed by atoms with van der Waals surface area (Å²) in [4.78, 5) is 2.01. The fraction of sp³-hybridized carbons (Fsp3) is 0.188. The molecule has 3 rings (SSSR count). The minimum Gasteiger partial charge on any atom is -0.491 e. The van der Waals surface area contributed by atoms with Crippen LogP contribution in [0.3, 0.4) is 0 Å². The van der Waals surface area contributed by atoms with Gasteiger partial charge >= 0.3 is 0 Å². The van der Waals surface area contributed by atoms with Gasteiger partial charge in [0.05, 0.1) is 23.5 Å². The second-order valence-electron chi connectivity index (χ2n) is 4.59. The molecular weight excluding hydrogens is 255 g/mol. The predicted octanol–water partition coefficient (Wildman–Crippen LogP) is 3.62. The Labute approximate surface area is 116 Å². The normalized spacial score (nSPS) is 13.9. The second kappa shape index (κ2) is 5.22. The number of benzene rings is 2. The maximum absolute atomic E-state index is 13.3. The lowest BCUT2D eigenvalue weighted by atomic mass is 10.1. The molecule has 0 radical (unpaired) electrons. The maximum atomic E-state index is 13.3. The van der Waals surface area contributed by atoms with Crippen LogP contribution in [0.25, 0.3) is 0 Å². The summed E-state index contributed by atoms with van der Waals surface area (Å²) >= 11 is 0. The second-order valence-corrected chi connectivity index (χ2v) is 4.59. The van der Waals surface area contributed by atoms with Gasteiger partial charge in [-0.2, -0.15) is 5.26 Å². The predicted molar refractivity (Wildman–Crippen MR) is 74.7 cm³/mol. The van der Waals surface area contributed by atoms with E-state index < -0.39 is 5.82 Å². The fourth-order valence-electron chi connectivity index (χ4n) is 2.41. The highest BCUT2D eigenvalue weighted by Gasteiger charge is 2.20. The molecule has 1 aliphatic rings. The van der Waals surface area contributed by atoms with Crippen LogP contribution >= 0.6 is 0 Å². The Balaban J connectivity index is 2.13. The van der Waals surface area contributed by atoms with Crippen molar-refractivity contribution >= 4 is 11.4 Å². The Morgan fingerprint density at radius 3 is 2.85 bits per heavy atom. The standard InChI is InChI=1S/C16H13FN2O/c17-13-6-7-14(12(10-13)11-18)19-8-3-9-20-16-5-2-1-4-15(16)19/h1-2,4-7,10H,3,8-9H2. The van der Waals surface area contributed by atoms with E-state index >= 15 is 0 Å². The SMILES string of the molecule is N#Cc1cc(F)ccc1N1CCCOc2ccccc21. The van der Waals surface area contributed by atoms with Gasteiger partial charge in [-0.1, -0.05) is 12.1 Å². The average Bonchev–Trinajstić information content (AvgIpc) is 2.69. The summed E-state index contributed by atoms with van der Waals surface area (Å²) in [5.74, 6) is 0.392. The molecule has 1 aliphatic heterocycles. The van der Waals surface area contributed by atoms with E-state index in [0.717, 1.165) is 24.4 Å². The number of nitrogens with zero attached hydrogens (tertiary/aromatic N) is 2. The van der Waals surface area contributed by atoms with Gasteiger partial charge in [0.1, 0.15) is 17.6 Å². The van der Waals surface area contributed by atoms with Gasteiger partial charge in [0, 0.05) is 6.54 Å². The van der Waals surface area contributed by atoms with Crippen molar-refractivity contribution in [2.75, 3.05) is 18.1 Å². The van der Waals surface area contributed by atoms with E-state index in [2.05, 4.69) is 6.07 Å². The Bertz CT molecular complexity index is 678. The third-order valence-corrected chi connectivity index (χ3v) is 3.31. The number of ether oxygens (including phenoxy) is 1. The molecule has 20 heavy (non-hydrogen) atoms. The van der Waals surface area contributed by atoms with E-state index in [0.29, 0.717) is 17.9 Å². The fourth-order valence-corrected chi connectivity index (χ4v) is 2.41. The molecule has 0 aliphatic carbocycles. The first-order valence-electron chi connectivity index (χ1n) is 6.48. The van der Waals surface area contributed by atoms with Crippen molar-refractivity contribution in [1.82, 2.24) is 0 Å². The molecule has 0 saturated heterocycles. The first kappa shape index (κ1) is 12.5. The molecule has 0 unspecified atom stereocenters. The van der Waals surface area contributed by atoms with Crippen LogP contribution in [0.4, 0.5) is 15.8 Å². The highest BCUT2D eigenvalue weighted by atomic mass is 19.1. The van der Waals surface area contributed by atoms with E-state index in [1.165, 1.54) is 12.1 Å². The van der Waals surface area contributed by atoms with Crippen molar-refractivity contribution in [3.63, 3.8) is 0 Å². The molecule has 2 aromatic rings. The van der Waals surface area contributed by atoms with Gasteiger partial charge in [-0.25, -0.2) is 4.39 Å². The van der Waals surface area contributed by atoms with Gasteiger partial charge in [0.15, 0.2) is 0 Å². The van der Waals surface area contributed by atoms with Crippen LogP contribution < -0.4 is 9.64 Å². The molecule has 0 atom stereocenters. The molecule has 0 amide bonds. The van der Waals surface area contributed by atoms with Gasteiger partial charge in [-0.15, -0.1) is 0 Å². The molecule has 100 valence electrons. The number of hydrogen-bond acceptors (Lipinski definition) is 3. The lowest BCUT2D eigenvalue weighted by molar-refractivity contribution is 0.322. The number of rotatable bonds is 1. The smallest absolute Gasteiger partial charge is 0.142 e. The first-order valence-corrected chi connectivity index (χ1v) is 6.48. The summed E-state index contributed by atoms with van der Waals surface area (Å²) in [5, 5.41) is 9.22. The van der Waals surface area contributed by atoms with Crippen molar-refractivity contribution in [3.05, 3.63) is 53.8 Å². The van der Waals surface area contributed by atoms with E-state index in [4.69, 9.17) is 4.74 Å². The van der Waals surface area contributed by atoms with Gasteiger partial charge in [-0.05, 0) is 36.8 Å². The summed E-state index contributed by atoms with van der Waals surface area (Å²) in [6.45, 7) is 1.37. The van der Waals surface area contributed by atoms with Crippen LogP contribution in [0, 0.1) is 17.1 Å². The summed E-state index contributed by atoms with van der Waals surface area (Å²) in [6, 6.07) is 14.1. The lowest BCUT2D eigenvalue weighted by Crippen LogP contribution is -2.18. The van der Waals surface area contributed by atoms with Crippen molar-refractivity contribution in [1.29, 1.82) is 5.26 Å². The maximum Gasteiger partial charge on any atom is 0.142 e. The molecule has 0 fully saturated rings. The Kier molecular flexibility index (Phi) is 3.26. The van der Waals surface area contributed by atoms with E-state index in [1.807, 2.05) is 29.2 Å². The highest BCUT2D eigenvalue weighted by molar-refractivity contribution is 5.73. The molecule has 0 bridgehead atoms. The van der Waals surface area contributed by atoms with E-state index in [-0.39, 0.29) is 0 Å². The van der Waals surface area contributed by atoms with Crippen LogP contribution in [0.5, 0.6) is 5.75 Å². The highest BCUT2D eigenvalue weighted by Crippen LogP contribution is 2.37. The quantitative estimate of drug-likeness (QED) is 0.792. The van der Waals surface area contributed by atoms with Crippen molar-refractivity contribution < 1.29 is 9.13 Å². The first-order chi connectivity index (χ1) is 9.79. The van der Waals surface area contributed by atoms with E-state index in [9.17, 15) is 9.65 Å². The van der Waals surface area contributed by atoms with Gasteiger partial charge in [0.2, 0.25) is 0 Å². The zero-order valence-corrected chi connectivity index (χ0v) is 10.8. The minimum absolute atomic E-state index is 0.335. The van der Waals surface area contributed by atoms with Gasteiger partial charge in [-0.3, -0.25) is 0 Å². The third-order valence-electron chi connectivity index (χ3n) is 3.31. The van der Waals surface area contributed by atoms with E-state index in [1.54, 1.807) is 6.07 Å². The number of fused-ring (bicyclic) bond motifs is 1. The molecule has 0 spiro atoms. The zero-order chi connectivity index (χ0) is 13.9. The van der Waals surface area contributed by atoms with Crippen molar-refractivity contribution in [2.45, 2.75) is 6.42 Å². The van der Waals surface area contributed by atoms with Crippen LogP contribution in [-0.2, 0) is 0 Å². The largest absolute Gasteiger partial charge is 0.491 e. The molecule has 0 N–H and O–H groups in total.